The van der Waals surface area contributed by atoms with E-state index in [0.29, 0.717) is 17.5 Å². The van der Waals surface area contributed by atoms with Crippen LogP contribution in [0.1, 0.15) is 47.0 Å². The van der Waals surface area contributed by atoms with Crippen molar-refractivity contribution >= 4 is 0 Å². The maximum atomic E-state index is 5.81. The van der Waals surface area contributed by atoms with Gasteiger partial charge in [-0.2, -0.15) is 0 Å². The summed E-state index contributed by atoms with van der Waals surface area (Å²) in [6.45, 7) is 14.6. The molecule has 0 aromatic heterocycles. The summed E-state index contributed by atoms with van der Waals surface area (Å²) in [6, 6.07) is 1.28. The lowest BCUT2D eigenvalue weighted by Crippen LogP contribution is -2.60. The molecule has 1 saturated carbocycles. The Morgan fingerprint density at radius 3 is 2.58 bits per heavy atom. The van der Waals surface area contributed by atoms with Crippen LogP contribution in [0.4, 0.5) is 0 Å². The zero-order valence-electron chi connectivity index (χ0n) is 13.2. The van der Waals surface area contributed by atoms with E-state index in [1.807, 2.05) is 0 Å². The Labute approximate surface area is 119 Å². The maximum Gasteiger partial charge on any atom is 0.0593 e. The molecule has 2 aliphatic rings. The van der Waals surface area contributed by atoms with Crippen LogP contribution in [0.25, 0.3) is 0 Å². The van der Waals surface area contributed by atoms with Gasteiger partial charge in [-0.1, -0.05) is 27.7 Å². The lowest BCUT2D eigenvalue weighted by Gasteiger charge is -2.45. The van der Waals surface area contributed by atoms with Gasteiger partial charge in [0, 0.05) is 38.3 Å². The predicted molar refractivity (Wildman–Crippen MR) is 80.4 cm³/mol. The van der Waals surface area contributed by atoms with Gasteiger partial charge in [0.1, 0.15) is 0 Å². The first-order valence-electron chi connectivity index (χ1n) is 8.06. The minimum absolute atomic E-state index is 0.339. The third-order valence-electron chi connectivity index (χ3n) is 4.62. The first kappa shape index (κ1) is 15.3. The van der Waals surface area contributed by atoms with Crippen molar-refractivity contribution in [3.05, 3.63) is 0 Å². The Morgan fingerprint density at radius 2 is 2.00 bits per heavy atom. The van der Waals surface area contributed by atoms with Crippen molar-refractivity contribution in [2.45, 2.75) is 59.0 Å². The van der Waals surface area contributed by atoms with E-state index in [9.17, 15) is 0 Å². The Hall–Kier alpha value is -0.120. The second-order valence-electron chi connectivity index (χ2n) is 7.40. The molecule has 112 valence electrons. The number of ether oxygens (including phenoxy) is 1. The SMILES string of the molecule is CCC1CNC(C(C)(C)C)CN1CCOCC1CC1. The van der Waals surface area contributed by atoms with E-state index < -0.39 is 0 Å². The fraction of sp³-hybridized carbons (Fsp3) is 1.00. The van der Waals surface area contributed by atoms with E-state index in [2.05, 4.69) is 37.9 Å². The first-order valence-corrected chi connectivity index (χ1v) is 8.06. The number of nitrogens with one attached hydrogen (secondary N) is 1. The smallest absolute Gasteiger partial charge is 0.0593 e. The van der Waals surface area contributed by atoms with E-state index in [0.717, 1.165) is 38.8 Å². The fourth-order valence-corrected chi connectivity index (χ4v) is 2.83. The highest BCUT2D eigenvalue weighted by Gasteiger charge is 2.33. The van der Waals surface area contributed by atoms with Crippen LogP contribution >= 0.6 is 0 Å². The van der Waals surface area contributed by atoms with E-state index in [-0.39, 0.29) is 0 Å². The summed E-state index contributed by atoms with van der Waals surface area (Å²) in [6.07, 6.45) is 4.00. The number of hydrogen-bond acceptors (Lipinski definition) is 3. The third-order valence-corrected chi connectivity index (χ3v) is 4.62. The zero-order chi connectivity index (χ0) is 13.9. The fourth-order valence-electron chi connectivity index (χ4n) is 2.83. The Kier molecular flexibility index (Phi) is 5.27. The standard InChI is InChI=1S/C16H32N2O/c1-5-14-10-17-15(16(2,3)4)11-18(14)8-9-19-12-13-6-7-13/h13-15,17H,5-12H2,1-4H3. The highest BCUT2D eigenvalue weighted by atomic mass is 16.5. The predicted octanol–water partition coefficient (Wildman–Crippen LogP) is 2.51. The van der Waals surface area contributed by atoms with E-state index in [1.165, 1.54) is 19.3 Å². The van der Waals surface area contributed by atoms with Gasteiger partial charge in [-0.25, -0.2) is 0 Å². The Bertz CT molecular complexity index is 270. The minimum Gasteiger partial charge on any atom is -0.380 e. The second kappa shape index (κ2) is 6.55. The normalized spacial score (nSPS) is 29.7. The minimum atomic E-state index is 0.339. The van der Waals surface area contributed by atoms with Gasteiger partial charge in [0.25, 0.3) is 0 Å². The number of rotatable bonds is 6. The van der Waals surface area contributed by atoms with Crippen LogP contribution in [0, 0.1) is 11.3 Å². The molecule has 3 heteroatoms. The molecule has 0 radical (unpaired) electrons. The molecule has 3 nitrogen and oxygen atoms in total. The number of nitrogens with zero attached hydrogens (tertiary/aromatic N) is 1. The lowest BCUT2D eigenvalue weighted by atomic mass is 9.84. The van der Waals surface area contributed by atoms with Gasteiger partial charge in [-0.3, -0.25) is 4.90 Å². The molecular weight excluding hydrogens is 236 g/mol. The van der Waals surface area contributed by atoms with Crippen LogP contribution in [0.3, 0.4) is 0 Å². The van der Waals surface area contributed by atoms with Crippen LogP contribution in [0.2, 0.25) is 0 Å². The van der Waals surface area contributed by atoms with Gasteiger partial charge in [-0.05, 0) is 30.6 Å². The van der Waals surface area contributed by atoms with Crippen LogP contribution in [-0.2, 0) is 4.74 Å². The molecule has 0 bridgehead atoms. The zero-order valence-corrected chi connectivity index (χ0v) is 13.2. The largest absolute Gasteiger partial charge is 0.380 e. The van der Waals surface area contributed by atoms with Crippen LogP contribution < -0.4 is 5.32 Å². The van der Waals surface area contributed by atoms with Crippen molar-refractivity contribution < 1.29 is 4.74 Å². The highest BCUT2D eigenvalue weighted by Crippen LogP contribution is 2.29. The van der Waals surface area contributed by atoms with Gasteiger partial charge in [0.05, 0.1) is 6.61 Å². The molecule has 2 atom stereocenters. The summed E-state index contributed by atoms with van der Waals surface area (Å²) in [4.78, 5) is 2.64. The summed E-state index contributed by atoms with van der Waals surface area (Å²) in [7, 11) is 0. The molecule has 2 unspecified atom stereocenters. The quantitative estimate of drug-likeness (QED) is 0.749. The molecule has 1 aliphatic carbocycles. The number of hydrogen-bond donors (Lipinski definition) is 1. The maximum absolute atomic E-state index is 5.81. The van der Waals surface area contributed by atoms with E-state index in [4.69, 9.17) is 4.74 Å². The van der Waals surface area contributed by atoms with Gasteiger partial charge < -0.3 is 10.1 Å². The monoisotopic (exact) mass is 268 g/mol. The Balaban J connectivity index is 1.75. The van der Waals surface area contributed by atoms with Gasteiger partial charge in [0.15, 0.2) is 0 Å². The molecule has 2 fully saturated rings. The highest BCUT2D eigenvalue weighted by molar-refractivity contribution is 4.91. The van der Waals surface area contributed by atoms with Crippen molar-refractivity contribution in [2.75, 3.05) is 32.8 Å². The summed E-state index contributed by atoms with van der Waals surface area (Å²) in [5.74, 6) is 0.882. The molecule has 1 aliphatic heterocycles. The first-order chi connectivity index (χ1) is 9.00. The van der Waals surface area contributed by atoms with Crippen LogP contribution in [-0.4, -0.2) is 49.8 Å². The summed E-state index contributed by atoms with van der Waals surface area (Å²) < 4.78 is 5.81. The molecule has 1 N–H and O–H groups in total. The lowest BCUT2D eigenvalue weighted by molar-refractivity contribution is 0.0425. The van der Waals surface area contributed by atoms with E-state index >= 15 is 0 Å². The molecule has 0 aromatic carbocycles. The van der Waals surface area contributed by atoms with Crippen molar-refractivity contribution in [2.24, 2.45) is 11.3 Å². The summed E-state index contributed by atoms with van der Waals surface area (Å²) in [5, 5.41) is 3.73. The molecule has 0 spiro atoms. The molecule has 1 saturated heterocycles. The van der Waals surface area contributed by atoms with Crippen molar-refractivity contribution in [1.82, 2.24) is 10.2 Å². The number of piperazine rings is 1. The summed E-state index contributed by atoms with van der Waals surface area (Å²) in [5.41, 5.74) is 0.339. The molecule has 0 aromatic rings. The summed E-state index contributed by atoms with van der Waals surface area (Å²) >= 11 is 0. The molecular formula is C16H32N2O. The second-order valence-corrected chi connectivity index (χ2v) is 7.40. The van der Waals surface area contributed by atoms with Gasteiger partial charge >= 0.3 is 0 Å². The topological polar surface area (TPSA) is 24.5 Å². The van der Waals surface area contributed by atoms with E-state index in [1.54, 1.807) is 0 Å². The molecule has 0 amide bonds. The molecule has 19 heavy (non-hydrogen) atoms. The van der Waals surface area contributed by atoms with Gasteiger partial charge in [-0.15, -0.1) is 0 Å². The molecule has 2 rings (SSSR count). The average Bonchev–Trinajstić information content (AvgIpc) is 3.17. The Morgan fingerprint density at radius 1 is 1.26 bits per heavy atom. The molecule has 1 heterocycles. The van der Waals surface area contributed by atoms with Gasteiger partial charge in [0.2, 0.25) is 0 Å². The van der Waals surface area contributed by atoms with Crippen molar-refractivity contribution in [3.63, 3.8) is 0 Å². The van der Waals surface area contributed by atoms with Crippen molar-refractivity contribution in [1.29, 1.82) is 0 Å². The van der Waals surface area contributed by atoms with Crippen LogP contribution in [0.5, 0.6) is 0 Å². The average molecular weight is 268 g/mol. The van der Waals surface area contributed by atoms with Crippen LogP contribution in [0.15, 0.2) is 0 Å². The van der Waals surface area contributed by atoms with Crippen molar-refractivity contribution in [3.8, 4) is 0 Å². The third kappa shape index (κ3) is 4.73.